The number of hydrogen-bond acceptors (Lipinski definition) is 4. The van der Waals surface area contributed by atoms with E-state index >= 15 is 0 Å². The quantitative estimate of drug-likeness (QED) is 0.889. The highest BCUT2D eigenvalue weighted by molar-refractivity contribution is 5.92. The molecule has 1 fully saturated rings. The highest BCUT2D eigenvalue weighted by Gasteiger charge is 2.22. The first-order chi connectivity index (χ1) is 11.3. The first-order valence-electron chi connectivity index (χ1n) is 8.68. The number of pyridine rings is 1. The molecule has 1 unspecified atom stereocenters. The van der Waals surface area contributed by atoms with E-state index in [2.05, 4.69) is 42.2 Å². The summed E-state index contributed by atoms with van der Waals surface area (Å²) < 4.78 is 5.77. The molecule has 4 nitrogen and oxygen atoms in total. The van der Waals surface area contributed by atoms with E-state index < -0.39 is 0 Å². The largest absolute Gasteiger partial charge is 0.394 e. The van der Waals surface area contributed by atoms with Gasteiger partial charge in [-0.05, 0) is 31.4 Å². The Hall–Kier alpha value is -1.65. The summed E-state index contributed by atoms with van der Waals surface area (Å²) in [6.45, 7) is 4.65. The Balaban J connectivity index is 1.90. The number of nitrogens with zero attached hydrogens (tertiary/aromatic N) is 2. The smallest absolute Gasteiger partial charge is 0.0751 e. The van der Waals surface area contributed by atoms with E-state index in [1.54, 1.807) is 0 Å². The number of hydrogen-bond donors (Lipinski definition) is 1. The molecule has 1 atom stereocenters. The van der Waals surface area contributed by atoms with Crippen molar-refractivity contribution < 1.29 is 9.84 Å². The predicted octanol–water partition coefficient (Wildman–Crippen LogP) is 3.17. The number of para-hydroxylation sites is 1. The first-order valence-corrected chi connectivity index (χ1v) is 8.68. The van der Waals surface area contributed by atoms with Gasteiger partial charge < -0.3 is 14.7 Å². The van der Waals surface area contributed by atoms with Crippen LogP contribution in [-0.4, -0.2) is 42.5 Å². The van der Waals surface area contributed by atoms with Gasteiger partial charge in [0.05, 0.1) is 24.8 Å². The second kappa shape index (κ2) is 7.75. The highest BCUT2D eigenvalue weighted by atomic mass is 16.5. The van der Waals surface area contributed by atoms with E-state index in [-0.39, 0.29) is 12.7 Å². The van der Waals surface area contributed by atoms with Crippen LogP contribution in [-0.2, 0) is 11.2 Å². The Morgan fingerprint density at radius 3 is 3.04 bits per heavy atom. The van der Waals surface area contributed by atoms with E-state index in [0.717, 1.165) is 44.3 Å². The summed E-state index contributed by atoms with van der Waals surface area (Å²) in [4.78, 5) is 7.22. The highest BCUT2D eigenvalue weighted by Crippen LogP contribution is 2.30. The fourth-order valence-electron chi connectivity index (χ4n) is 3.37. The summed E-state index contributed by atoms with van der Waals surface area (Å²) in [6, 6.07) is 10.6. The Morgan fingerprint density at radius 1 is 1.35 bits per heavy atom. The van der Waals surface area contributed by atoms with Crippen molar-refractivity contribution in [3.05, 3.63) is 36.0 Å². The molecule has 0 amide bonds. The van der Waals surface area contributed by atoms with Crippen molar-refractivity contribution in [2.75, 3.05) is 31.2 Å². The number of rotatable bonds is 6. The number of aliphatic hydroxyl groups is 1. The average molecular weight is 314 g/mol. The van der Waals surface area contributed by atoms with Crippen molar-refractivity contribution >= 4 is 16.6 Å². The third kappa shape index (κ3) is 3.82. The van der Waals surface area contributed by atoms with Crippen LogP contribution >= 0.6 is 0 Å². The van der Waals surface area contributed by atoms with Gasteiger partial charge >= 0.3 is 0 Å². The molecule has 2 aromatic rings. The van der Waals surface area contributed by atoms with E-state index in [1.807, 2.05) is 0 Å². The molecule has 1 aliphatic rings. The number of aromatic nitrogens is 1. The lowest BCUT2D eigenvalue weighted by molar-refractivity contribution is 0.0215. The SMILES string of the molecule is CCCc1cc(N2CCCC(OCCO)C2)c2ccccc2n1. The lowest BCUT2D eigenvalue weighted by Crippen LogP contribution is -2.40. The first kappa shape index (κ1) is 16.2. The second-order valence-corrected chi connectivity index (χ2v) is 6.20. The molecule has 1 aromatic carbocycles. The van der Waals surface area contributed by atoms with Crippen LogP contribution in [0, 0.1) is 0 Å². The lowest BCUT2D eigenvalue weighted by Gasteiger charge is -2.35. The third-order valence-electron chi connectivity index (χ3n) is 4.42. The van der Waals surface area contributed by atoms with Gasteiger partial charge in [0.25, 0.3) is 0 Å². The van der Waals surface area contributed by atoms with Crippen LogP contribution in [0.4, 0.5) is 5.69 Å². The molecule has 0 saturated carbocycles. The number of benzene rings is 1. The maximum absolute atomic E-state index is 8.97. The van der Waals surface area contributed by atoms with Gasteiger partial charge in [0.2, 0.25) is 0 Å². The Bertz CT molecular complexity index is 644. The molecule has 1 N–H and O–H groups in total. The van der Waals surface area contributed by atoms with Crippen molar-refractivity contribution in [2.45, 2.75) is 38.7 Å². The standard InChI is InChI=1S/C19H26N2O2/c1-2-6-15-13-19(17-8-3-4-9-18(17)20-15)21-10-5-7-16(14-21)23-12-11-22/h3-4,8-9,13,16,22H,2,5-7,10-12,14H2,1H3. The molecule has 0 aliphatic carbocycles. The van der Waals surface area contributed by atoms with E-state index in [0.29, 0.717) is 6.61 Å². The zero-order chi connectivity index (χ0) is 16.1. The molecule has 1 saturated heterocycles. The van der Waals surface area contributed by atoms with Crippen molar-refractivity contribution in [1.82, 2.24) is 4.98 Å². The molecule has 1 aliphatic heterocycles. The molecule has 1 aromatic heterocycles. The Morgan fingerprint density at radius 2 is 2.22 bits per heavy atom. The summed E-state index contributed by atoms with van der Waals surface area (Å²) >= 11 is 0. The van der Waals surface area contributed by atoms with Crippen molar-refractivity contribution in [2.24, 2.45) is 0 Å². The molecular weight excluding hydrogens is 288 g/mol. The van der Waals surface area contributed by atoms with Crippen LogP contribution in [0.5, 0.6) is 0 Å². The average Bonchev–Trinajstić information content (AvgIpc) is 2.60. The molecular formula is C19H26N2O2. The minimum atomic E-state index is 0.0926. The summed E-state index contributed by atoms with van der Waals surface area (Å²) in [6.07, 6.45) is 4.51. The van der Waals surface area contributed by atoms with Gasteiger partial charge in [-0.15, -0.1) is 0 Å². The van der Waals surface area contributed by atoms with E-state index in [9.17, 15) is 0 Å². The fourth-order valence-corrected chi connectivity index (χ4v) is 3.37. The van der Waals surface area contributed by atoms with Gasteiger partial charge in [-0.1, -0.05) is 31.5 Å². The molecule has 23 heavy (non-hydrogen) atoms. The van der Waals surface area contributed by atoms with E-state index in [1.165, 1.54) is 16.8 Å². The monoisotopic (exact) mass is 314 g/mol. The number of ether oxygens (including phenoxy) is 1. The minimum absolute atomic E-state index is 0.0926. The summed E-state index contributed by atoms with van der Waals surface area (Å²) in [5, 5.41) is 10.2. The van der Waals surface area contributed by atoms with Gasteiger partial charge in [0.15, 0.2) is 0 Å². The van der Waals surface area contributed by atoms with E-state index in [4.69, 9.17) is 14.8 Å². The van der Waals surface area contributed by atoms with Gasteiger partial charge in [-0.25, -0.2) is 0 Å². The topological polar surface area (TPSA) is 45.6 Å². The molecule has 0 bridgehead atoms. The summed E-state index contributed by atoms with van der Waals surface area (Å²) in [7, 11) is 0. The zero-order valence-corrected chi connectivity index (χ0v) is 13.9. The van der Waals surface area contributed by atoms with Crippen LogP contribution in [0.3, 0.4) is 0 Å². The number of fused-ring (bicyclic) bond motifs is 1. The van der Waals surface area contributed by atoms with Gasteiger partial charge in [-0.3, -0.25) is 4.98 Å². The minimum Gasteiger partial charge on any atom is -0.394 e. The number of aryl methyl sites for hydroxylation is 1. The Labute approximate surface area is 138 Å². The molecule has 124 valence electrons. The number of piperidine rings is 1. The van der Waals surface area contributed by atoms with Gasteiger partial charge in [-0.2, -0.15) is 0 Å². The predicted molar refractivity (Wildman–Crippen MR) is 94.0 cm³/mol. The van der Waals surface area contributed by atoms with Crippen LogP contribution in [0.25, 0.3) is 10.9 Å². The molecule has 3 rings (SSSR count). The summed E-state index contributed by atoms with van der Waals surface area (Å²) in [5.41, 5.74) is 3.52. The maximum Gasteiger partial charge on any atom is 0.0751 e. The Kier molecular flexibility index (Phi) is 5.47. The molecule has 2 heterocycles. The number of anilines is 1. The zero-order valence-electron chi connectivity index (χ0n) is 13.9. The third-order valence-corrected chi connectivity index (χ3v) is 4.42. The van der Waals surface area contributed by atoms with Crippen LogP contribution in [0.1, 0.15) is 31.9 Å². The summed E-state index contributed by atoms with van der Waals surface area (Å²) in [5.74, 6) is 0. The second-order valence-electron chi connectivity index (χ2n) is 6.20. The normalized spacial score (nSPS) is 18.5. The van der Waals surface area contributed by atoms with Crippen molar-refractivity contribution in [3.8, 4) is 0 Å². The van der Waals surface area contributed by atoms with Crippen molar-refractivity contribution in [3.63, 3.8) is 0 Å². The molecule has 0 spiro atoms. The van der Waals surface area contributed by atoms with Crippen LogP contribution in [0.2, 0.25) is 0 Å². The maximum atomic E-state index is 8.97. The lowest BCUT2D eigenvalue weighted by atomic mass is 10.0. The van der Waals surface area contributed by atoms with Crippen LogP contribution in [0.15, 0.2) is 30.3 Å². The van der Waals surface area contributed by atoms with Gasteiger partial charge in [0, 0.05) is 29.9 Å². The number of aliphatic hydroxyl groups excluding tert-OH is 1. The molecule has 0 radical (unpaired) electrons. The van der Waals surface area contributed by atoms with Crippen molar-refractivity contribution in [1.29, 1.82) is 0 Å². The fraction of sp³-hybridized carbons (Fsp3) is 0.526. The van der Waals surface area contributed by atoms with Crippen LogP contribution < -0.4 is 4.90 Å². The molecule has 4 heteroatoms. The van der Waals surface area contributed by atoms with Gasteiger partial charge in [0.1, 0.15) is 0 Å².